The van der Waals surface area contributed by atoms with Crippen LogP contribution in [0.5, 0.6) is 0 Å². The van der Waals surface area contributed by atoms with Gasteiger partial charge in [0.15, 0.2) is 11.2 Å². The molecule has 0 aromatic heterocycles. The topological polar surface area (TPSA) is 82.1 Å². The average Bonchev–Trinajstić information content (AvgIpc) is 2.32. The minimum absolute atomic E-state index is 0.0293. The van der Waals surface area contributed by atoms with E-state index in [9.17, 15) is 14.7 Å². The summed E-state index contributed by atoms with van der Waals surface area (Å²) in [7, 11) is 1.44. The van der Waals surface area contributed by atoms with Crippen molar-refractivity contribution in [2.75, 3.05) is 33.5 Å². The zero-order valence-corrected chi connectivity index (χ0v) is 10.8. The number of aliphatic hydroxyl groups is 1. The Morgan fingerprint density at radius 1 is 1.61 bits per heavy atom. The van der Waals surface area contributed by atoms with E-state index >= 15 is 0 Å². The summed E-state index contributed by atoms with van der Waals surface area (Å²) in [5.41, 5.74) is -1.38. The molecule has 1 saturated heterocycles. The van der Waals surface area contributed by atoms with E-state index in [2.05, 4.69) is 0 Å². The first-order valence-corrected chi connectivity index (χ1v) is 6.02. The Hall–Kier alpha value is -0.980. The first-order valence-electron chi connectivity index (χ1n) is 6.02. The lowest BCUT2D eigenvalue weighted by atomic mass is 9.76. The lowest BCUT2D eigenvalue weighted by Crippen LogP contribution is -2.50. The first-order chi connectivity index (χ1) is 8.56. The van der Waals surface area contributed by atoms with Gasteiger partial charge in [0.25, 0.3) is 0 Å². The molecule has 0 aliphatic carbocycles. The maximum absolute atomic E-state index is 12.0. The summed E-state index contributed by atoms with van der Waals surface area (Å²) in [5.74, 6) is -0.854. The minimum Gasteiger partial charge on any atom is -0.465 e. The van der Waals surface area contributed by atoms with Crippen LogP contribution < -0.4 is 0 Å². The second kappa shape index (κ2) is 6.82. The zero-order chi connectivity index (χ0) is 13.6. The lowest BCUT2D eigenvalue weighted by Gasteiger charge is -2.34. The van der Waals surface area contributed by atoms with Crippen molar-refractivity contribution < 1.29 is 28.9 Å². The van der Waals surface area contributed by atoms with E-state index in [-0.39, 0.29) is 38.4 Å². The molecule has 0 bridgehead atoms. The number of carbonyl (C=O) groups is 2. The monoisotopic (exact) mass is 260 g/mol. The number of aliphatic hydroxyl groups excluding tert-OH is 1. The third kappa shape index (κ3) is 3.28. The van der Waals surface area contributed by atoms with Crippen LogP contribution in [0, 0.1) is 5.41 Å². The van der Waals surface area contributed by atoms with Crippen molar-refractivity contribution in [2.24, 2.45) is 5.41 Å². The smallest absolute Gasteiger partial charge is 0.322 e. The summed E-state index contributed by atoms with van der Waals surface area (Å²) in [6.07, 6.45) is -0.762. The Balaban J connectivity index is 2.85. The van der Waals surface area contributed by atoms with E-state index in [0.717, 1.165) is 0 Å². The van der Waals surface area contributed by atoms with Crippen molar-refractivity contribution in [3.05, 3.63) is 0 Å². The number of hydrogen-bond donors (Lipinski definition) is 1. The quantitative estimate of drug-likeness (QED) is 0.531. The highest BCUT2D eigenvalue weighted by molar-refractivity contribution is 6.04. The van der Waals surface area contributed by atoms with Gasteiger partial charge in [-0.05, 0) is 6.92 Å². The van der Waals surface area contributed by atoms with E-state index in [0.29, 0.717) is 6.61 Å². The SMILES string of the molecule is CCOC(=O)C1(CC(O)COC)COCCC1=O. The van der Waals surface area contributed by atoms with Crippen LogP contribution in [0.25, 0.3) is 0 Å². The average molecular weight is 260 g/mol. The number of hydrogen-bond acceptors (Lipinski definition) is 6. The molecule has 2 unspecified atom stereocenters. The molecule has 1 heterocycles. The number of ketones is 1. The fourth-order valence-electron chi connectivity index (χ4n) is 2.08. The predicted octanol–water partition coefficient (Wildman–Crippen LogP) is -0.0773. The molecular formula is C12H20O6. The van der Waals surface area contributed by atoms with Gasteiger partial charge in [0, 0.05) is 20.0 Å². The van der Waals surface area contributed by atoms with E-state index in [1.807, 2.05) is 0 Å². The molecule has 0 amide bonds. The van der Waals surface area contributed by atoms with Crippen LogP contribution in [-0.2, 0) is 23.8 Å². The van der Waals surface area contributed by atoms with Gasteiger partial charge >= 0.3 is 5.97 Å². The summed E-state index contributed by atoms with van der Waals surface area (Å²) in [6.45, 7) is 2.19. The number of carbonyl (C=O) groups excluding carboxylic acids is 2. The molecule has 1 fully saturated rings. The molecule has 0 aromatic carbocycles. The summed E-state index contributed by atoms with van der Waals surface area (Å²) >= 11 is 0. The third-order valence-electron chi connectivity index (χ3n) is 2.96. The molecule has 6 heteroatoms. The Morgan fingerprint density at radius 2 is 2.33 bits per heavy atom. The third-order valence-corrected chi connectivity index (χ3v) is 2.96. The van der Waals surface area contributed by atoms with Crippen molar-refractivity contribution in [3.8, 4) is 0 Å². The van der Waals surface area contributed by atoms with Crippen molar-refractivity contribution in [3.63, 3.8) is 0 Å². The molecule has 1 rings (SSSR count). The van der Waals surface area contributed by atoms with Crippen molar-refractivity contribution in [2.45, 2.75) is 25.9 Å². The van der Waals surface area contributed by atoms with Crippen LogP contribution in [0.4, 0.5) is 0 Å². The molecule has 18 heavy (non-hydrogen) atoms. The molecule has 2 atom stereocenters. The van der Waals surface area contributed by atoms with Crippen molar-refractivity contribution in [1.29, 1.82) is 0 Å². The van der Waals surface area contributed by atoms with Crippen molar-refractivity contribution >= 4 is 11.8 Å². The Bertz CT molecular complexity index is 303. The number of esters is 1. The lowest BCUT2D eigenvalue weighted by molar-refractivity contribution is -0.172. The van der Waals surface area contributed by atoms with Crippen LogP contribution in [0.15, 0.2) is 0 Å². The summed E-state index contributed by atoms with van der Waals surface area (Å²) in [6, 6.07) is 0. The number of ether oxygens (including phenoxy) is 3. The highest BCUT2D eigenvalue weighted by atomic mass is 16.5. The number of rotatable bonds is 6. The van der Waals surface area contributed by atoms with Gasteiger partial charge in [-0.25, -0.2) is 0 Å². The van der Waals surface area contributed by atoms with Crippen LogP contribution in [0.3, 0.4) is 0 Å². The zero-order valence-electron chi connectivity index (χ0n) is 10.8. The molecule has 1 N–H and O–H groups in total. The Kier molecular flexibility index (Phi) is 5.71. The van der Waals surface area contributed by atoms with E-state index in [4.69, 9.17) is 14.2 Å². The highest BCUT2D eigenvalue weighted by Crippen LogP contribution is 2.32. The minimum atomic E-state index is -1.38. The number of Topliss-reactive ketones (excluding diaryl/α,β-unsaturated/α-hetero) is 1. The van der Waals surface area contributed by atoms with E-state index in [1.54, 1.807) is 6.92 Å². The predicted molar refractivity (Wildman–Crippen MR) is 62.0 cm³/mol. The van der Waals surface area contributed by atoms with Gasteiger partial charge in [-0.15, -0.1) is 0 Å². The van der Waals surface area contributed by atoms with Crippen molar-refractivity contribution in [1.82, 2.24) is 0 Å². The molecule has 0 saturated carbocycles. The summed E-state index contributed by atoms with van der Waals surface area (Å²) < 4.78 is 15.0. The first kappa shape index (κ1) is 15.1. The molecule has 0 spiro atoms. The van der Waals surface area contributed by atoms with E-state index < -0.39 is 17.5 Å². The van der Waals surface area contributed by atoms with Gasteiger partial charge in [-0.2, -0.15) is 0 Å². The molecule has 1 aliphatic heterocycles. The molecule has 104 valence electrons. The fraction of sp³-hybridized carbons (Fsp3) is 0.833. The second-order valence-corrected chi connectivity index (χ2v) is 4.34. The maximum atomic E-state index is 12.0. The van der Waals surface area contributed by atoms with Crippen LogP contribution >= 0.6 is 0 Å². The van der Waals surface area contributed by atoms with Gasteiger partial charge < -0.3 is 19.3 Å². The fourth-order valence-corrected chi connectivity index (χ4v) is 2.08. The largest absolute Gasteiger partial charge is 0.465 e. The van der Waals surface area contributed by atoms with Gasteiger partial charge in [0.05, 0.1) is 32.5 Å². The second-order valence-electron chi connectivity index (χ2n) is 4.34. The van der Waals surface area contributed by atoms with Gasteiger partial charge in [-0.3, -0.25) is 9.59 Å². The number of methoxy groups -OCH3 is 1. The molecule has 0 radical (unpaired) electrons. The highest BCUT2D eigenvalue weighted by Gasteiger charge is 2.50. The van der Waals surface area contributed by atoms with E-state index in [1.165, 1.54) is 7.11 Å². The van der Waals surface area contributed by atoms with Gasteiger partial charge in [0.1, 0.15) is 0 Å². The van der Waals surface area contributed by atoms with Crippen LogP contribution in [0.2, 0.25) is 0 Å². The van der Waals surface area contributed by atoms with Crippen LogP contribution in [0.1, 0.15) is 19.8 Å². The van der Waals surface area contributed by atoms with Gasteiger partial charge in [0.2, 0.25) is 0 Å². The Labute approximate surface area is 106 Å². The molecule has 0 aromatic rings. The Morgan fingerprint density at radius 3 is 2.89 bits per heavy atom. The molecule has 1 aliphatic rings. The molecular weight excluding hydrogens is 240 g/mol. The van der Waals surface area contributed by atoms with Crippen LogP contribution in [-0.4, -0.2) is 56.5 Å². The van der Waals surface area contributed by atoms with Gasteiger partial charge in [-0.1, -0.05) is 0 Å². The normalized spacial score (nSPS) is 25.8. The summed E-state index contributed by atoms with van der Waals surface area (Å²) in [5, 5.41) is 9.76. The maximum Gasteiger partial charge on any atom is 0.322 e. The standard InChI is InChI=1S/C12H20O6/c1-3-18-11(15)12(6-9(13)7-16-2)8-17-5-4-10(12)14/h9,13H,3-8H2,1-2H3. The summed E-state index contributed by atoms with van der Waals surface area (Å²) in [4.78, 5) is 24.0. The molecule has 6 nitrogen and oxygen atoms in total.